The molecule has 6 rings (SSSR count). The molecule has 1 N–H and O–H groups in total. The van der Waals surface area contributed by atoms with Crippen molar-refractivity contribution in [3.63, 3.8) is 0 Å². The molecule has 0 amide bonds. The zero-order valence-corrected chi connectivity index (χ0v) is 13.9. The second kappa shape index (κ2) is 4.86. The minimum absolute atomic E-state index is 0.127. The van der Waals surface area contributed by atoms with E-state index in [4.69, 9.17) is 19.2 Å². The number of aliphatic hydroxyl groups excluding tert-OH is 1. The maximum absolute atomic E-state index is 12.9. The van der Waals surface area contributed by atoms with E-state index in [1.54, 1.807) is 10.6 Å². The maximum Gasteiger partial charge on any atom is 0.340 e. The van der Waals surface area contributed by atoms with Gasteiger partial charge < -0.3 is 23.9 Å². The lowest BCUT2D eigenvalue weighted by Gasteiger charge is -2.21. The van der Waals surface area contributed by atoms with Crippen LogP contribution < -0.4 is 15.0 Å². The standard InChI is InChI=1S/C19H12N2O6/c22-17-10-3-13-16-9(5-21(13)18(23)11(10)6-25-19(17)24)1-8-2-14-15(27-7-26-14)4-12(8)20-16/h1-4,17,22H,5-7H2/t17-/m0/s1. The Balaban J connectivity index is 1.60. The molecule has 0 aliphatic carbocycles. The van der Waals surface area contributed by atoms with Crippen molar-refractivity contribution >= 4 is 16.9 Å². The summed E-state index contributed by atoms with van der Waals surface area (Å²) in [5.74, 6) is 0.560. The molecule has 0 radical (unpaired) electrons. The van der Waals surface area contributed by atoms with Crippen LogP contribution in [0.3, 0.4) is 0 Å². The molecule has 0 unspecified atom stereocenters. The van der Waals surface area contributed by atoms with E-state index in [1.165, 1.54) is 0 Å². The zero-order valence-electron chi connectivity index (χ0n) is 13.9. The lowest BCUT2D eigenvalue weighted by atomic mass is 10.0. The number of hydrogen-bond donors (Lipinski definition) is 1. The van der Waals surface area contributed by atoms with Crippen LogP contribution in [0.25, 0.3) is 22.3 Å². The third-order valence-corrected chi connectivity index (χ3v) is 5.27. The van der Waals surface area contributed by atoms with Crippen molar-refractivity contribution in [2.45, 2.75) is 19.3 Å². The number of benzene rings is 1. The monoisotopic (exact) mass is 364 g/mol. The Bertz CT molecular complexity index is 1250. The van der Waals surface area contributed by atoms with Gasteiger partial charge in [-0.2, -0.15) is 0 Å². The third kappa shape index (κ3) is 1.87. The van der Waals surface area contributed by atoms with Gasteiger partial charge in [-0.25, -0.2) is 9.78 Å². The van der Waals surface area contributed by atoms with E-state index in [9.17, 15) is 14.7 Å². The number of fused-ring (bicyclic) bond motifs is 6. The Morgan fingerprint density at radius 1 is 1.07 bits per heavy atom. The normalized spacial score (nSPS) is 18.9. The van der Waals surface area contributed by atoms with Crippen LogP contribution in [0, 0.1) is 0 Å². The molecule has 0 saturated carbocycles. The van der Waals surface area contributed by atoms with Gasteiger partial charge in [-0.1, -0.05) is 0 Å². The minimum atomic E-state index is -1.45. The number of rotatable bonds is 0. The Hall–Kier alpha value is -3.39. The van der Waals surface area contributed by atoms with E-state index in [0.717, 1.165) is 16.5 Å². The first kappa shape index (κ1) is 14.7. The Morgan fingerprint density at radius 3 is 2.74 bits per heavy atom. The fraction of sp³-hybridized carbons (Fsp3) is 0.211. The highest BCUT2D eigenvalue weighted by molar-refractivity contribution is 5.87. The molecule has 0 fully saturated rings. The lowest BCUT2D eigenvalue weighted by Crippen LogP contribution is -2.32. The predicted octanol–water partition coefficient (Wildman–Crippen LogP) is 1.24. The zero-order chi connectivity index (χ0) is 18.3. The number of nitrogens with zero attached hydrogens (tertiary/aromatic N) is 2. The number of esters is 1. The molecule has 8 heteroatoms. The van der Waals surface area contributed by atoms with Gasteiger partial charge in [0.05, 0.1) is 29.0 Å². The molecule has 2 aromatic heterocycles. The van der Waals surface area contributed by atoms with Crippen LogP contribution in [0.15, 0.2) is 29.1 Å². The van der Waals surface area contributed by atoms with Crippen LogP contribution in [0.1, 0.15) is 22.8 Å². The summed E-state index contributed by atoms with van der Waals surface area (Å²) in [4.78, 5) is 29.3. The largest absolute Gasteiger partial charge is 0.458 e. The number of cyclic esters (lactones) is 1. The fourth-order valence-electron chi connectivity index (χ4n) is 3.92. The van der Waals surface area contributed by atoms with Crippen molar-refractivity contribution in [1.29, 1.82) is 0 Å². The van der Waals surface area contributed by atoms with Crippen molar-refractivity contribution in [3.05, 3.63) is 51.3 Å². The molecule has 5 heterocycles. The van der Waals surface area contributed by atoms with Gasteiger partial charge >= 0.3 is 5.97 Å². The third-order valence-electron chi connectivity index (χ3n) is 5.27. The van der Waals surface area contributed by atoms with Crippen LogP contribution in [0.4, 0.5) is 0 Å². The number of aromatic nitrogens is 2. The highest BCUT2D eigenvalue weighted by Gasteiger charge is 2.33. The van der Waals surface area contributed by atoms with E-state index in [-0.39, 0.29) is 19.0 Å². The molecule has 27 heavy (non-hydrogen) atoms. The van der Waals surface area contributed by atoms with E-state index in [1.807, 2.05) is 18.2 Å². The minimum Gasteiger partial charge on any atom is -0.458 e. The summed E-state index contributed by atoms with van der Waals surface area (Å²) >= 11 is 0. The molecule has 1 atom stereocenters. The van der Waals surface area contributed by atoms with Gasteiger partial charge in [0.2, 0.25) is 6.79 Å². The Labute approximate surface area is 151 Å². The summed E-state index contributed by atoms with van der Waals surface area (Å²) in [6, 6.07) is 7.32. The summed E-state index contributed by atoms with van der Waals surface area (Å²) in [6.45, 7) is 0.430. The first-order valence-corrected chi connectivity index (χ1v) is 8.45. The predicted molar refractivity (Wildman–Crippen MR) is 91.4 cm³/mol. The fourth-order valence-corrected chi connectivity index (χ4v) is 3.92. The van der Waals surface area contributed by atoms with E-state index < -0.39 is 12.1 Å². The number of aliphatic hydroxyl groups is 1. The molecule has 3 aliphatic rings. The van der Waals surface area contributed by atoms with Crippen molar-refractivity contribution in [2.24, 2.45) is 0 Å². The Morgan fingerprint density at radius 2 is 1.89 bits per heavy atom. The molecule has 0 bridgehead atoms. The first-order valence-electron chi connectivity index (χ1n) is 8.45. The van der Waals surface area contributed by atoms with Gasteiger partial charge in [-0.3, -0.25) is 4.79 Å². The maximum atomic E-state index is 12.9. The van der Waals surface area contributed by atoms with Gasteiger partial charge in [-0.05, 0) is 18.2 Å². The number of carbonyl (C=O) groups excluding carboxylic acids is 1. The van der Waals surface area contributed by atoms with E-state index in [0.29, 0.717) is 40.6 Å². The highest BCUT2D eigenvalue weighted by Crippen LogP contribution is 2.39. The second-order valence-corrected chi connectivity index (χ2v) is 6.76. The number of ether oxygens (including phenoxy) is 3. The number of hydrogen-bond acceptors (Lipinski definition) is 7. The first-order chi connectivity index (χ1) is 13.1. The molecule has 3 aliphatic heterocycles. The molecule has 3 aromatic rings. The topological polar surface area (TPSA) is 99.9 Å². The summed E-state index contributed by atoms with van der Waals surface area (Å²) in [5, 5.41) is 11.0. The highest BCUT2D eigenvalue weighted by atomic mass is 16.7. The van der Waals surface area contributed by atoms with Crippen molar-refractivity contribution in [2.75, 3.05) is 6.79 Å². The van der Waals surface area contributed by atoms with Gasteiger partial charge in [0, 0.05) is 22.6 Å². The van der Waals surface area contributed by atoms with E-state index in [2.05, 4.69) is 0 Å². The van der Waals surface area contributed by atoms with Gasteiger partial charge in [0.25, 0.3) is 5.56 Å². The lowest BCUT2D eigenvalue weighted by molar-refractivity contribution is -0.157. The molecular formula is C19H12N2O6. The van der Waals surface area contributed by atoms with Crippen molar-refractivity contribution in [3.8, 4) is 22.9 Å². The number of pyridine rings is 2. The van der Waals surface area contributed by atoms with Crippen LogP contribution >= 0.6 is 0 Å². The average Bonchev–Trinajstić information content (AvgIpc) is 3.25. The van der Waals surface area contributed by atoms with Crippen molar-refractivity contribution < 1.29 is 24.1 Å². The molecular weight excluding hydrogens is 352 g/mol. The molecule has 134 valence electrons. The second-order valence-electron chi connectivity index (χ2n) is 6.76. The summed E-state index contributed by atoms with van der Waals surface area (Å²) in [6.07, 6.45) is -1.45. The Kier molecular flexibility index (Phi) is 2.65. The molecule has 8 nitrogen and oxygen atoms in total. The van der Waals surface area contributed by atoms with Crippen LogP contribution in [-0.2, 0) is 22.7 Å². The molecule has 0 spiro atoms. The molecule has 1 aromatic carbocycles. The van der Waals surface area contributed by atoms with E-state index >= 15 is 0 Å². The van der Waals surface area contributed by atoms with Gasteiger partial charge in [0.15, 0.2) is 17.6 Å². The van der Waals surface area contributed by atoms with Crippen LogP contribution in [0.2, 0.25) is 0 Å². The van der Waals surface area contributed by atoms with Crippen molar-refractivity contribution in [1.82, 2.24) is 9.55 Å². The SMILES string of the molecule is O=C1OCc2c(cc3n(c2=O)Cc2cc4cc5c(cc4nc2-3)OCO5)[C@@H]1O. The summed E-state index contributed by atoms with van der Waals surface area (Å²) in [5.41, 5.74) is 3.19. The van der Waals surface area contributed by atoms with Crippen LogP contribution in [-0.4, -0.2) is 27.4 Å². The molecule has 0 saturated heterocycles. The van der Waals surface area contributed by atoms with Gasteiger partial charge in [0.1, 0.15) is 6.61 Å². The number of carbonyl (C=O) groups is 1. The van der Waals surface area contributed by atoms with Crippen LogP contribution in [0.5, 0.6) is 11.5 Å². The summed E-state index contributed by atoms with van der Waals surface area (Å²) < 4.78 is 17.3. The van der Waals surface area contributed by atoms with Gasteiger partial charge in [-0.15, -0.1) is 0 Å². The summed E-state index contributed by atoms with van der Waals surface area (Å²) in [7, 11) is 0. The average molecular weight is 364 g/mol. The quantitative estimate of drug-likeness (QED) is 0.469. The smallest absolute Gasteiger partial charge is 0.340 e.